The fraction of sp³-hybridized carbons (Fsp3) is 0.533. The number of ether oxygens (including phenoxy) is 3. The van der Waals surface area contributed by atoms with Crippen molar-refractivity contribution in [2.24, 2.45) is 0 Å². The number of thioether (sulfide) groups is 1. The summed E-state index contributed by atoms with van der Waals surface area (Å²) in [5, 5.41) is 12.8. The van der Waals surface area contributed by atoms with Crippen LogP contribution in [0.25, 0.3) is 0 Å². The lowest BCUT2D eigenvalue weighted by Gasteiger charge is -2.12. The Kier molecular flexibility index (Phi) is 5.96. The van der Waals surface area contributed by atoms with Crippen LogP contribution in [-0.2, 0) is 17.0 Å². The van der Waals surface area contributed by atoms with Crippen LogP contribution in [-0.4, -0.2) is 47.1 Å². The van der Waals surface area contributed by atoms with Crippen molar-refractivity contribution in [1.29, 1.82) is 0 Å². The van der Waals surface area contributed by atoms with Crippen LogP contribution < -0.4 is 9.47 Å². The standard InChI is InChI=1S/C15H19BrN4O3S/c1-21-13-6-10(12(16)7-14(13)22-2)9-24-15-17-18-19-20(15)8-11-4-3-5-23-11/h6-7,11H,3-5,8-9H2,1-2H3. The van der Waals surface area contributed by atoms with E-state index < -0.39 is 0 Å². The molecule has 0 radical (unpaired) electrons. The van der Waals surface area contributed by atoms with Crippen LogP contribution in [0.3, 0.4) is 0 Å². The van der Waals surface area contributed by atoms with Crippen LogP contribution in [0.4, 0.5) is 0 Å². The van der Waals surface area contributed by atoms with Crippen molar-refractivity contribution in [2.45, 2.75) is 36.4 Å². The number of benzene rings is 1. The highest BCUT2D eigenvalue weighted by Crippen LogP contribution is 2.35. The van der Waals surface area contributed by atoms with E-state index in [0.29, 0.717) is 23.8 Å². The van der Waals surface area contributed by atoms with Crippen molar-refractivity contribution in [3.63, 3.8) is 0 Å². The summed E-state index contributed by atoms with van der Waals surface area (Å²) in [5.74, 6) is 2.11. The molecule has 0 bridgehead atoms. The number of aromatic nitrogens is 4. The highest BCUT2D eigenvalue weighted by atomic mass is 79.9. The van der Waals surface area contributed by atoms with Crippen LogP contribution in [0.5, 0.6) is 11.5 Å². The lowest BCUT2D eigenvalue weighted by molar-refractivity contribution is 0.0912. The molecule has 24 heavy (non-hydrogen) atoms. The van der Waals surface area contributed by atoms with Gasteiger partial charge in [-0.05, 0) is 41.0 Å². The second-order valence-electron chi connectivity index (χ2n) is 5.37. The molecule has 0 amide bonds. The topological polar surface area (TPSA) is 71.3 Å². The summed E-state index contributed by atoms with van der Waals surface area (Å²) in [6, 6.07) is 3.87. The molecule has 2 aromatic rings. The van der Waals surface area contributed by atoms with Gasteiger partial charge < -0.3 is 14.2 Å². The molecule has 0 spiro atoms. The summed E-state index contributed by atoms with van der Waals surface area (Å²) in [6.45, 7) is 1.52. The van der Waals surface area contributed by atoms with Gasteiger partial charge in [0, 0.05) is 16.8 Å². The Labute approximate surface area is 153 Å². The van der Waals surface area contributed by atoms with Gasteiger partial charge in [0.1, 0.15) is 0 Å². The number of nitrogens with zero attached hydrogens (tertiary/aromatic N) is 4. The van der Waals surface area contributed by atoms with Gasteiger partial charge in [-0.25, -0.2) is 4.68 Å². The fourth-order valence-corrected chi connectivity index (χ4v) is 4.07. The largest absolute Gasteiger partial charge is 0.493 e. The Hall–Kier alpha value is -1.32. The van der Waals surface area contributed by atoms with E-state index >= 15 is 0 Å². The molecule has 1 unspecified atom stereocenters. The molecule has 1 saturated heterocycles. The molecule has 2 heterocycles. The normalized spacial score (nSPS) is 17.2. The minimum Gasteiger partial charge on any atom is -0.493 e. The molecule has 0 saturated carbocycles. The van der Waals surface area contributed by atoms with Crippen LogP contribution >= 0.6 is 27.7 Å². The average molecular weight is 415 g/mol. The van der Waals surface area contributed by atoms with Gasteiger partial charge in [0.2, 0.25) is 5.16 Å². The minimum atomic E-state index is 0.209. The molecule has 1 aromatic heterocycles. The highest BCUT2D eigenvalue weighted by Gasteiger charge is 2.19. The third-order valence-electron chi connectivity index (χ3n) is 3.81. The van der Waals surface area contributed by atoms with Gasteiger partial charge in [0.15, 0.2) is 11.5 Å². The molecule has 1 aliphatic heterocycles. The summed E-state index contributed by atoms with van der Waals surface area (Å²) in [7, 11) is 3.25. The molecule has 1 atom stereocenters. The zero-order valence-corrected chi connectivity index (χ0v) is 16.0. The Morgan fingerprint density at radius 3 is 2.83 bits per heavy atom. The van der Waals surface area contributed by atoms with Crippen LogP contribution in [0, 0.1) is 0 Å². The van der Waals surface area contributed by atoms with E-state index in [-0.39, 0.29) is 6.10 Å². The van der Waals surface area contributed by atoms with Crippen molar-refractivity contribution in [1.82, 2.24) is 20.2 Å². The van der Waals surface area contributed by atoms with E-state index in [0.717, 1.165) is 34.6 Å². The van der Waals surface area contributed by atoms with E-state index in [1.54, 1.807) is 26.0 Å². The van der Waals surface area contributed by atoms with Crippen molar-refractivity contribution in [3.8, 4) is 11.5 Å². The molecule has 1 aromatic carbocycles. The molecule has 3 rings (SSSR count). The third-order valence-corrected chi connectivity index (χ3v) is 5.55. The maximum atomic E-state index is 5.66. The van der Waals surface area contributed by atoms with Gasteiger partial charge in [-0.1, -0.05) is 27.7 Å². The van der Waals surface area contributed by atoms with E-state index in [1.165, 1.54) is 0 Å². The Balaban J connectivity index is 1.69. The van der Waals surface area contributed by atoms with Crippen LogP contribution in [0.15, 0.2) is 21.8 Å². The van der Waals surface area contributed by atoms with E-state index in [9.17, 15) is 0 Å². The second-order valence-corrected chi connectivity index (χ2v) is 7.16. The van der Waals surface area contributed by atoms with E-state index in [1.807, 2.05) is 16.8 Å². The number of halogens is 1. The summed E-state index contributed by atoms with van der Waals surface area (Å²) < 4.78 is 19.1. The van der Waals surface area contributed by atoms with Crippen LogP contribution in [0.1, 0.15) is 18.4 Å². The first kappa shape index (κ1) is 17.5. The highest BCUT2D eigenvalue weighted by molar-refractivity contribution is 9.10. The summed E-state index contributed by atoms with van der Waals surface area (Å²) in [5.41, 5.74) is 1.09. The fourth-order valence-electron chi connectivity index (χ4n) is 2.54. The number of methoxy groups -OCH3 is 2. The van der Waals surface area contributed by atoms with Gasteiger partial charge in [-0.3, -0.25) is 0 Å². The lowest BCUT2D eigenvalue weighted by Crippen LogP contribution is -2.16. The Bertz CT molecular complexity index is 691. The van der Waals surface area contributed by atoms with Gasteiger partial charge >= 0.3 is 0 Å². The first-order chi connectivity index (χ1) is 11.7. The molecular weight excluding hydrogens is 396 g/mol. The predicted molar refractivity (Wildman–Crippen MR) is 93.6 cm³/mol. The number of rotatable bonds is 7. The monoisotopic (exact) mass is 414 g/mol. The smallest absolute Gasteiger partial charge is 0.209 e. The van der Waals surface area contributed by atoms with Gasteiger partial charge in [-0.2, -0.15) is 0 Å². The van der Waals surface area contributed by atoms with Crippen molar-refractivity contribution >= 4 is 27.7 Å². The Morgan fingerprint density at radius 2 is 2.12 bits per heavy atom. The molecule has 9 heteroatoms. The van der Waals surface area contributed by atoms with E-state index in [2.05, 4.69) is 31.5 Å². The summed E-state index contributed by atoms with van der Waals surface area (Å²) >= 11 is 5.16. The lowest BCUT2D eigenvalue weighted by atomic mass is 10.2. The van der Waals surface area contributed by atoms with Gasteiger partial charge in [-0.15, -0.1) is 5.10 Å². The second kappa shape index (κ2) is 8.17. The maximum Gasteiger partial charge on any atom is 0.209 e. The van der Waals surface area contributed by atoms with Crippen molar-refractivity contribution in [3.05, 3.63) is 22.2 Å². The molecule has 130 valence electrons. The number of tetrazole rings is 1. The van der Waals surface area contributed by atoms with Crippen molar-refractivity contribution in [2.75, 3.05) is 20.8 Å². The first-order valence-corrected chi connectivity index (χ1v) is 9.40. The summed E-state index contributed by atoms with van der Waals surface area (Å²) in [6.07, 6.45) is 2.37. The summed E-state index contributed by atoms with van der Waals surface area (Å²) in [4.78, 5) is 0. The average Bonchev–Trinajstić information content (AvgIpc) is 3.26. The SMILES string of the molecule is COc1cc(Br)c(CSc2nnnn2CC2CCCO2)cc1OC. The first-order valence-electron chi connectivity index (χ1n) is 7.62. The molecule has 0 N–H and O–H groups in total. The predicted octanol–water partition coefficient (Wildman–Crippen LogP) is 2.92. The van der Waals surface area contributed by atoms with Gasteiger partial charge in [0.25, 0.3) is 0 Å². The van der Waals surface area contributed by atoms with E-state index in [4.69, 9.17) is 14.2 Å². The third kappa shape index (κ3) is 4.01. The zero-order valence-electron chi connectivity index (χ0n) is 13.6. The number of hydrogen-bond acceptors (Lipinski definition) is 7. The zero-order chi connectivity index (χ0) is 16.9. The molecule has 1 aliphatic rings. The maximum absolute atomic E-state index is 5.66. The van der Waals surface area contributed by atoms with Crippen molar-refractivity contribution < 1.29 is 14.2 Å². The molecule has 0 aliphatic carbocycles. The molecular formula is C15H19BrN4O3S. The Morgan fingerprint density at radius 1 is 1.33 bits per heavy atom. The van der Waals surface area contributed by atoms with Crippen LogP contribution in [0.2, 0.25) is 0 Å². The van der Waals surface area contributed by atoms with Gasteiger partial charge in [0.05, 0.1) is 26.9 Å². The minimum absolute atomic E-state index is 0.209. The molecule has 7 nitrogen and oxygen atoms in total. The molecule has 1 fully saturated rings. The quantitative estimate of drug-likeness (QED) is 0.644. The number of hydrogen-bond donors (Lipinski definition) is 0.